The number of amides is 1. The molecule has 7 nitrogen and oxygen atoms in total. The highest BCUT2D eigenvalue weighted by molar-refractivity contribution is 6.32. The number of hydrogen-bond donors (Lipinski definition) is 0. The van der Waals surface area contributed by atoms with Crippen LogP contribution in [0.4, 0.5) is 5.95 Å². The summed E-state index contributed by atoms with van der Waals surface area (Å²) >= 11 is 6.19. The maximum atomic E-state index is 13.2. The van der Waals surface area contributed by atoms with E-state index in [1.165, 1.54) is 6.42 Å². The molecule has 1 amide bonds. The van der Waals surface area contributed by atoms with E-state index in [2.05, 4.69) is 9.88 Å². The van der Waals surface area contributed by atoms with Crippen molar-refractivity contribution in [3.8, 4) is 11.6 Å². The third kappa shape index (κ3) is 4.64. The van der Waals surface area contributed by atoms with Crippen LogP contribution in [-0.4, -0.2) is 45.4 Å². The number of rotatable bonds is 4. The summed E-state index contributed by atoms with van der Waals surface area (Å²) in [5.41, 5.74) is 3.29. The Labute approximate surface area is 198 Å². The van der Waals surface area contributed by atoms with Gasteiger partial charge in [0.15, 0.2) is 0 Å². The van der Waals surface area contributed by atoms with Gasteiger partial charge in [-0.2, -0.15) is 4.98 Å². The van der Waals surface area contributed by atoms with Gasteiger partial charge in [-0.1, -0.05) is 23.7 Å². The Morgan fingerprint density at radius 1 is 1.06 bits per heavy atom. The lowest BCUT2D eigenvalue weighted by atomic mass is 10.1. The Morgan fingerprint density at radius 2 is 1.91 bits per heavy atom. The molecule has 0 atom stereocenters. The number of hydrogen-bond acceptors (Lipinski definition) is 6. The van der Waals surface area contributed by atoms with Crippen LogP contribution < -0.4 is 9.64 Å². The maximum absolute atomic E-state index is 13.2. The molecule has 2 aromatic heterocycles. The van der Waals surface area contributed by atoms with E-state index in [-0.39, 0.29) is 11.1 Å². The van der Waals surface area contributed by atoms with Gasteiger partial charge in [0.25, 0.3) is 5.91 Å². The van der Waals surface area contributed by atoms with Gasteiger partial charge in [-0.05, 0) is 56.0 Å². The zero-order valence-electron chi connectivity index (χ0n) is 18.6. The van der Waals surface area contributed by atoms with Gasteiger partial charge in [0.05, 0.1) is 23.4 Å². The Bertz CT molecular complexity index is 1180. The molecule has 0 bridgehead atoms. The first-order valence-corrected chi connectivity index (χ1v) is 11.8. The summed E-state index contributed by atoms with van der Waals surface area (Å²) in [6.45, 7) is 4.84. The number of halogens is 1. The molecule has 5 rings (SSSR count). The van der Waals surface area contributed by atoms with E-state index in [0.717, 1.165) is 48.5 Å². The molecule has 2 aliphatic heterocycles. The van der Waals surface area contributed by atoms with Crippen LogP contribution >= 0.6 is 11.6 Å². The summed E-state index contributed by atoms with van der Waals surface area (Å²) in [5.74, 6) is 1.80. The van der Waals surface area contributed by atoms with E-state index in [1.54, 1.807) is 23.2 Å². The highest BCUT2D eigenvalue weighted by Gasteiger charge is 2.29. The topological polar surface area (TPSA) is 71.5 Å². The second-order valence-corrected chi connectivity index (χ2v) is 8.90. The predicted molar refractivity (Wildman–Crippen MR) is 127 cm³/mol. The van der Waals surface area contributed by atoms with Crippen molar-refractivity contribution in [2.75, 3.05) is 24.5 Å². The van der Waals surface area contributed by atoms with Crippen molar-refractivity contribution in [3.05, 3.63) is 70.1 Å². The zero-order chi connectivity index (χ0) is 22.8. The predicted octanol–water partition coefficient (Wildman–Crippen LogP) is 4.81. The molecule has 0 unspecified atom stereocenters. The lowest BCUT2D eigenvalue weighted by molar-refractivity contribution is 0.0731. The number of fused-ring (bicyclic) bond motifs is 1. The quantitative estimate of drug-likeness (QED) is 0.517. The highest BCUT2D eigenvalue weighted by atomic mass is 35.5. The number of carbonyl (C=O) groups excluding carboxylic acids is 1. The lowest BCUT2D eigenvalue weighted by Gasteiger charge is -2.32. The molecule has 1 aromatic carbocycles. The van der Waals surface area contributed by atoms with Crippen LogP contribution in [0.5, 0.6) is 11.6 Å². The van der Waals surface area contributed by atoms with Gasteiger partial charge in [-0.25, -0.2) is 9.97 Å². The first kappa shape index (κ1) is 21.6. The van der Waals surface area contributed by atoms with Gasteiger partial charge < -0.3 is 14.5 Å². The van der Waals surface area contributed by atoms with Crippen molar-refractivity contribution in [2.45, 2.75) is 39.2 Å². The fraction of sp³-hybridized carbons (Fsp3) is 0.360. The Balaban J connectivity index is 1.50. The van der Waals surface area contributed by atoms with Gasteiger partial charge in [0.2, 0.25) is 11.8 Å². The number of benzene rings is 1. The summed E-state index contributed by atoms with van der Waals surface area (Å²) in [7, 11) is 0. The molecule has 170 valence electrons. The minimum atomic E-state index is -0.152. The second-order valence-electron chi connectivity index (χ2n) is 8.54. The Kier molecular flexibility index (Phi) is 6.13. The molecule has 0 saturated carbocycles. The van der Waals surface area contributed by atoms with Crippen molar-refractivity contribution >= 4 is 23.5 Å². The Morgan fingerprint density at radius 3 is 2.70 bits per heavy atom. The summed E-state index contributed by atoms with van der Waals surface area (Å²) < 4.78 is 6.29. The fourth-order valence-electron chi connectivity index (χ4n) is 4.37. The summed E-state index contributed by atoms with van der Waals surface area (Å²) in [4.78, 5) is 31.0. The summed E-state index contributed by atoms with van der Waals surface area (Å²) in [5, 5.41) is 0.209. The number of aryl methyl sites for hydroxylation is 1. The molecule has 8 heteroatoms. The van der Waals surface area contributed by atoms with Crippen LogP contribution in [0.25, 0.3) is 0 Å². The normalized spacial score (nSPS) is 15.8. The minimum Gasteiger partial charge on any atom is -0.438 e. The molecule has 4 heterocycles. The molecule has 0 radical (unpaired) electrons. The first-order valence-electron chi connectivity index (χ1n) is 11.4. The monoisotopic (exact) mass is 463 g/mol. The maximum Gasteiger partial charge on any atom is 0.257 e. The Hall–Kier alpha value is -3.19. The first-order chi connectivity index (χ1) is 16.1. The smallest absolute Gasteiger partial charge is 0.257 e. The zero-order valence-corrected chi connectivity index (χ0v) is 19.4. The molecule has 1 fully saturated rings. The van der Waals surface area contributed by atoms with E-state index in [4.69, 9.17) is 26.3 Å². The average molecular weight is 464 g/mol. The molecule has 0 N–H and O–H groups in total. The molecule has 3 aromatic rings. The largest absolute Gasteiger partial charge is 0.438 e. The lowest BCUT2D eigenvalue weighted by Crippen LogP contribution is -2.38. The van der Waals surface area contributed by atoms with Crippen molar-refractivity contribution in [1.29, 1.82) is 0 Å². The molecular weight excluding hydrogens is 438 g/mol. The third-order valence-electron chi connectivity index (χ3n) is 6.13. The molecule has 2 aliphatic rings. The number of ether oxygens (including phenoxy) is 1. The number of pyridine rings is 1. The summed E-state index contributed by atoms with van der Waals surface area (Å²) in [6, 6.07) is 11.3. The van der Waals surface area contributed by atoms with Crippen LogP contribution in [0.3, 0.4) is 0 Å². The van der Waals surface area contributed by atoms with E-state index in [0.29, 0.717) is 36.9 Å². The van der Waals surface area contributed by atoms with Gasteiger partial charge >= 0.3 is 0 Å². The molecule has 0 aliphatic carbocycles. The fourth-order valence-corrected chi connectivity index (χ4v) is 4.57. The van der Waals surface area contributed by atoms with Gasteiger partial charge in [-0.3, -0.25) is 4.79 Å². The van der Waals surface area contributed by atoms with Gasteiger partial charge in [0, 0.05) is 32.3 Å². The van der Waals surface area contributed by atoms with Crippen LogP contribution in [0, 0.1) is 6.92 Å². The number of carbonyl (C=O) groups is 1. The molecule has 33 heavy (non-hydrogen) atoms. The van der Waals surface area contributed by atoms with Crippen LogP contribution in [0.15, 0.2) is 42.6 Å². The molecule has 0 spiro atoms. The highest BCUT2D eigenvalue weighted by Crippen LogP contribution is 2.33. The van der Waals surface area contributed by atoms with Crippen LogP contribution in [0.2, 0.25) is 5.15 Å². The van der Waals surface area contributed by atoms with Gasteiger partial charge in [0.1, 0.15) is 10.9 Å². The van der Waals surface area contributed by atoms with E-state index in [9.17, 15) is 4.79 Å². The van der Waals surface area contributed by atoms with E-state index in [1.807, 2.05) is 31.2 Å². The average Bonchev–Trinajstić information content (AvgIpc) is 2.84. The second kappa shape index (κ2) is 9.35. The third-order valence-corrected chi connectivity index (χ3v) is 6.43. The number of nitrogens with zero attached hydrogens (tertiary/aromatic N) is 5. The number of aromatic nitrogens is 3. The molecule has 1 saturated heterocycles. The molecular formula is C25H26ClN5O2. The van der Waals surface area contributed by atoms with Crippen molar-refractivity contribution in [1.82, 2.24) is 19.9 Å². The number of anilines is 1. The van der Waals surface area contributed by atoms with Crippen molar-refractivity contribution in [3.63, 3.8) is 0 Å². The SMILES string of the molecule is Cc1cccc(Oc2nc(N3CCCCC3)nc3c2CN(C(=O)c2cccnc2Cl)CC3)c1. The number of piperidine rings is 1. The van der Waals surface area contributed by atoms with E-state index >= 15 is 0 Å². The van der Waals surface area contributed by atoms with E-state index < -0.39 is 0 Å². The summed E-state index contributed by atoms with van der Waals surface area (Å²) in [6.07, 6.45) is 5.73. The minimum absolute atomic E-state index is 0.152. The van der Waals surface area contributed by atoms with Crippen LogP contribution in [-0.2, 0) is 13.0 Å². The van der Waals surface area contributed by atoms with Crippen LogP contribution in [0.1, 0.15) is 46.4 Å². The van der Waals surface area contributed by atoms with Gasteiger partial charge in [-0.15, -0.1) is 0 Å². The standard InChI is InChI=1S/C25H26ClN5O2/c1-17-7-5-8-18(15-17)33-23-20-16-31(24(32)19-9-6-11-27-22(19)26)14-10-21(20)28-25(29-23)30-12-3-2-4-13-30/h5-9,11,15H,2-4,10,12-14,16H2,1H3. The van der Waals surface area contributed by atoms with Crippen molar-refractivity contribution < 1.29 is 9.53 Å². The van der Waals surface area contributed by atoms with Crippen molar-refractivity contribution in [2.24, 2.45) is 0 Å².